The second-order valence-corrected chi connectivity index (χ2v) is 3.52. The van der Waals surface area contributed by atoms with Crippen LogP contribution in [0.5, 0.6) is 0 Å². The Morgan fingerprint density at radius 2 is 2.58 bits per heavy atom. The van der Waals surface area contributed by atoms with Gasteiger partial charge in [0.1, 0.15) is 0 Å². The molecule has 1 N–H and O–H groups in total. The van der Waals surface area contributed by atoms with Gasteiger partial charge in [-0.05, 0) is 12.8 Å². The first-order valence-corrected chi connectivity index (χ1v) is 4.85. The largest absolute Gasteiger partial charge is 0.377 e. The van der Waals surface area contributed by atoms with Gasteiger partial charge in [-0.25, -0.2) is 0 Å². The highest BCUT2D eigenvalue weighted by molar-refractivity contribution is 4.81. The first kappa shape index (κ1) is 8.48. The summed E-state index contributed by atoms with van der Waals surface area (Å²) in [5.41, 5.74) is 0. The molecule has 0 saturated carbocycles. The molecule has 2 fully saturated rings. The van der Waals surface area contributed by atoms with Gasteiger partial charge in [0, 0.05) is 39.3 Å². The van der Waals surface area contributed by atoms with Crippen molar-refractivity contribution in [1.29, 1.82) is 0 Å². The lowest BCUT2D eigenvalue weighted by atomic mass is 10.2. The minimum atomic E-state index is 0.499. The van der Waals surface area contributed by atoms with Gasteiger partial charge in [-0.15, -0.1) is 0 Å². The van der Waals surface area contributed by atoms with Gasteiger partial charge < -0.3 is 10.1 Å². The summed E-state index contributed by atoms with van der Waals surface area (Å²) in [6.45, 7) is 7.58. The van der Waals surface area contributed by atoms with Crippen LogP contribution in [-0.2, 0) is 4.74 Å². The molecule has 2 aliphatic heterocycles. The van der Waals surface area contributed by atoms with E-state index in [1.165, 1.54) is 12.8 Å². The van der Waals surface area contributed by atoms with E-state index in [1.54, 1.807) is 0 Å². The predicted molar refractivity (Wildman–Crippen MR) is 47.7 cm³/mol. The molecule has 1 radical (unpaired) electrons. The van der Waals surface area contributed by atoms with Crippen LogP contribution in [0.1, 0.15) is 12.8 Å². The number of piperazine rings is 1. The van der Waals surface area contributed by atoms with Crippen molar-refractivity contribution in [2.24, 2.45) is 0 Å². The third-order valence-electron chi connectivity index (χ3n) is 2.53. The molecular formula is C9H17N2O. The molecule has 0 amide bonds. The van der Waals surface area contributed by atoms with E-state index >= 15 is 0 Å². The maximum absolute atomic E-state index is 5.57. The Bertz CT molecular complexity index is 128. The van der Waals surface area contributed by atoms with Gasteiger partial charge in [0.2, 0.25) is 0 Å². The maximum atomic E-state index is 5.57. The van der Waals surface area contributed by atoms with Gasteiger partial charge in [0.05, 0.1) is 6.10 Å². The SMILES string of the molecule is [CH]1CNCCN1CC1CCCO1. The smallest absolute Gasteiger partial charge is 0.0702 e. The van der Waals surface area contributed by atoms with Gasteiger partial charge in [0.25, 0.3) is 0 Å². The fraction of sp³-hybridized carbons (Fsp3) is 0.889. The molecule has 1 unspecified atom stereocenters. The molecule has 2 heterocycles. The van der Waals surface area contributed by atoms with Crippen LogP contribution in [0.15, 0.2) is 0 Å². The van der Waals surface area contributed by atoms with Gasteiger partial charge in [-0.3, -0.25) is 4.90 Å². The summed E-state index contributed by atoms with van der Waals surface area (Å²) < 4.78 is 5.57. The van der Waals surface area contributed by atoms with Crippen molar-refractivity contribution in [3.8, 4) is 0 Å². The number of hydrogen-bond acceptors (Lipinski definition) is 3. The average Bonchev–Trinajstić information content (AvgIpc) is 2.59. The first-order valence-electron chi connectivity index (χ1n) is 4.85. The van der Waals surface area contributed by atoms with Crippen LogP contribution in [0.4, 0.5) is 0 Å². The molecule has 12 heavy (non-hydrogen) atoms. The van der Waals surface area contributed by atoms with Crippen molar-refractivity contribution >= 4 is 0 Å². The van der Waals surface area contributed by atoms with Crippen molar-refractivity contribution < 1.29 is 4.74 Å². The summed E-state index contributed by atoms with van der Waals surface area (Å²) in [5, 5.41) is 3.30. The Kier molecular flexibility index (Phi) is 2.98. The maximum Gasteiger partial charge on any atom is 0.0702 e. The van der Waals surface area contributed by atoms with Crippen LogP contribution in [-0.4, -0.2) is 43.8 Å². The highest BCUT2D eigenvalue weighted by atomic mass is 16.5. The zero-order chi connectivity index (χ0) is 8.23. The molecule has 3 heteroatoms. The standard InChI is InChI=1S/C9H17N2O/c1-2-9(12-7-1)8-11-5-3-10-4-6-11/h5,9-10H,1-4,6-8H2. The third-order valence-corrected chi connectivity index (χ3v) is 2.53. The van der Waals surface area contributed by atoms with Gasteiger partial charge in [0.15, 0.2) is 0 Å². The fourth-order valence-electron chi connectivity index (χ4n) is 1.83. The molecule has 0 aromatic heterocycles. The highest BCUT2D eigenvalue weighted by Crippen LogP contribution is 2.14. The van der Waals surface area contributed by atoms with Crippen LogP contribution in [0.2, 0.25) is 0 Å². The molecule has 2 aliphatic rings. The summed E-state index contributed by atoms with van der Waals surface area (Å²) in [7, 11) is 0. The lowest BCUT2D eigenvalue weighted by Crippen LogP contribution is -2.43. The van der Waals surface area contributed by atoms with E-state index in [0.717, 1.165) is 32.8 Å². The van der Waals surface area contributed by atoms with Crippen LogP contribution in [0, 0.1) is 6.54 Å². The zero-order valence-electron chi connectivity index (χ0n) is 7.46. The molecule has 0 spiro atoms. The topological polar surface area (TPSA) is 24.5 Å². The average molecular weight is 169 g/mol. The third kappa shape index (κ3) is 2.19. The van der Waals surface area contributed by atoms with Crippen molar-refractivity contribution in [3.05, 3.63) is 6.54 Å². The Morgan fingerprint density at radius 1 is 1.58 bits per heavy atom. The highest BCUT2D eigenvalue weighted by Gasteiger charge is 2.19. The molecule has 0 aromatic carbocycles. The predicted octanol–water partition coefficient (Wildman–Crippen LogP) is 0.232. The van der Waals surface area contributed by atoms with E-state index in [1.807, 2.05) is 0 Å². The van der Waals surface area contributed by atoms with E-state index in [9.17, 15) is 0 Å². The van der Waals surface area contributed by atoms with Crippen molar-refractivity contribution in [2.45, 2.75) is 18.9 Å². The van der Waals surface area contributed by atoms with Crippen LogP contribution in [0.3, 0.4) is 0 Å². The Labute approximate surface area is 74.1 Å². The van der Waals surface area contributed by atoms with Crippen molar-refractivity contribution in [2.75, 3.05) is 32.8 Å². The Morgan fingerprint density at radius 3 is 3.25 bits per heavy atom. The number of nitrogens with zero attached hydrogens (tertiary/aromatic N) is 1. The molecule has 2 saturated heterocycles. The number of rotatable bonds is 2. The van der Waals surface area contributed by atoms with E-state index in [2.05, 4.69) is 16.8 Å². The summed E-state index contributed by atoms with van der Waals surface area (Å²) in [4.78, 5) is 2.38. The van der Waals surface area contributed by atoms with Gasteiger partial charge in [-0.2, -0.15) is 0 Å². The van der Waals surface area contributed by atoms with Crippen molar-refractivity contribution in [3.63, 3.8) is 0 Å². The lowest BCUT2D eigenvalue weighted by Gasteiger charge is -2.28. The lowest BCUT2D eigenvalue weighted by molar-refractivity contribution is 0.0785. The Hall–Kier alpha value is -0.120. The molecule has 0 bridgehead atoms. The number of nitrogens with one attached hydrogen (secondary N) is 1. The van der Waals surface area contributed by atoms with Gasteiger partial charge >= 0.3 is 0 Å². The molecule has 0 aliphatic carbocycles. The van der Waals surface area contributed by atoms with E-state index < -0.39 is 0 Å². The summed E-state index contributed by atoms with van der Waals surface area (Å²) >= 11 is 0. The number of hydrogen-bond donors (Lipinski definition) is 1. The number of ether oxygens (including phenoxy) is 1. The summed E-state index contributed by atoms with van der Waals surface area (Å²) in [6, 6.07) is 0. The van der Waals surface area contributed by atoms with Crippen molar-refractivity contribution in [1.82, 2.24) is 10.2 Å². The van der Waals surface area contributed by atoms with E-state index in [0.29, 0.717) is 6.10 Å². The molecule has 2 rings (SSSR count). The summed E-state index contributed by atoms with van der Waals surface area (Å²) in [5.74, 6) is 0. The monoisotopic (exact) mass is 169 g/mol. The zero-order valence-corrected chi connectivity index (χ0v) is 7.46. The normalized spacial score (nSPS) is 32.5. The quantitative estimate of drug-likeness (QED) is 0.640. The minimum Gasteiger partial charge on any atom is -0.377 e. The van der Waals surface area contributed by atoms with Crippen LogP contribution in [0.25, 0.3) is 0 Å². The second kappa shape index (κ2) is 4.21. The summed E-state index contributed by atoms with van der Waals surface area (Å²) in [6.07, 6.45) is 2.99. The van der Waals surface area contributed by atoms with Crippen LogP contribution >= 0.6 is 0 Å². The fourth-order valence-corrected chi connectivity index (χ4v) is 1.83. The van der Waals surface area contributed by atoms with Crippen LogP contribution < -0.4 is 5.32 Å². The van der Waals surface area contributed by atoms with E-state index in [4.69, 9.17) is 4.74 Å². The first-order chi connectivity index (χ1) is 5.95. The van der Waals surface area contributed by atoms with Gasteiger partial charge in [-0.1, -0.05) is 0 Å². The molecule has 1 atom stereocenters. The Balaban J connectivity index is 1.69. The molecule has 0 aromatic rings. The van der Waals surface area contributed by atoms with E-state index in [-0.39, 0.29) is 0 Å². The second-order valence-electron chi connectivity index (χ2n) is 3.52. The molecule has 69 valence electrons. The molecular weight excluding hydrogens is 152 g/mol. The molecule has 3 nitrogen and oxygen atoms in total. The minimum absolute atomic E-state index is 0.499.